The van der Waals surface area contributed by atoms with Crippen LogP contribution in [0.15, 0.2) is 52.4 Å². The second-order valence-corrected chi connectivity index (χ2v) is 11.1. The lowest BCUT2D eigenvalue weighted by Gasteiger charge is -2.18. The first kappa shape index (κ1) is 22.9. The SMILES string of the molecule is CS(=O)(=O)c1ccccc1S(=O)(=O)N(N)C(=O)c1ccc(C#CC2CCCCC2)cn1. The number of benzene rings is 1. The van der Waals surface area contributed by atoms with Gasteiger partial charge in [-0.3, -0.25) is 4.79 Å². The summed E-state index contributed by atoms with van der Waals surface area (Å²) in [6.07, 6.45) is 8.00. The van der Waals surface area contributed by atoms with Gasteiger partial charge in [0.2, 0.25) is 0 Å². The summed E-state index contributed by atoms with van der Waals surface area (Å²) < 4.78 is 49.5. The highest BCUT2D eigenvalue weighted by atomic mass is 32.2. The summed E-state index contributed by atoms with van der Waals surface area (Å²) in [5.41, 5.74) is 0.405. The molecule has 0 atom stereocenters. The first-order valence-corrected chi connectivity index (χ1v) is 13.0. The van der Waals surface area contributed by atoms with Crippen molar-refractivity contribution in [1.29, 1.82) is 0 Å². The van der Waals surface area contributed by atoms with Crippen LogP contribution in [-0.4, -0.2) is 38.4 Å². The van der Waals surface area contributed by atoms with Crippen LogP contribution >= 0.6 is 0 Å². The zero-order chi connectivity index (χ0) is 22.6. The van der Waals surface area contributed by atoms with Crippen molar-refractivity contribution in [3.8, 4) is 11.8 Å². The van der Waals surface area contributed by atoms with Crippen molar-refractivity contribution >= 4 is 25.8 Å². The van der Waals surface area contributed by atoms with Gasteiger partial charge in [0.25, 0.3) is 10.0 Å². The molecule has 0 aliphatic heterocycles. The maximum atomic E-state index is 12.8. The lowest BCUT2D eigenvalue weighted by Crippen LogP contribution is -2.43. The molecule has 31 heavy (non-hydrogen) atoms. The van der Waals surface area contributed by atoms with Crippen LogP contribution in [0, 0.1) is 17.8 Å². The third-order valence-corrected chi connectivity index (χ3v) is 7.87. The van der Waals surface area contributed by atoms with Gasteiger partial charge < -0.3 is 0 Å². The molecule has 1 aromatic carbocycles. The predicted octanol–water partition coefficient (Wildman–Crippen LogP) is 2.12. The number of rotatable bonds is 4. The average Bonchev–Trinajstić information content (AvgIpc) is 2.77. The fourth-order valence-corrected chi connectivity index (χ4v) is 5.95. The molecule has 0 unspecified atom stereocenters. The molecule has 2 aromatic rings. The van der Waals surface area contributed by atoms with E-state index in [1.807, 2.05) is 0 Å². The minimum Gasteiger partial charge on any atom is -0.265 e. The number of hydrogen-bond donors (Lipinski definition) is 1. The van der Waals surface area contributed by atoms with Crippen molar-refractivity contribution < 1.29 is 21.6 Å². The molecular formula is C21H23N3O5S2. The number of aromatic nitrogens is 1. The minimum atomic E-state index is -4.62. The summed E-state index contributed by atoms with van der Waals surface area (Å²) in [5, 5.41) is 0. The normalized spacial score (nSPS) is 15.0. The Labute approximate surface area is 182 Å². The first-order valence-electron chi connectivity index (χ1n) is 9.72. The molecule has 1 heterocycles. The summed E-state index contributed by atoms with van der Waals surface area (Å²) in [5.74, 6) is 11.1. The van der Waals surface area contributed by atoms with Gasteiger partial charge in [-0.25, -0.2) is 19.2 Å². The van der Waals surface area contributed by atoms with Gasteiger partial charge in [0, 0.05) is 23.9 Å². The molecule has 0 radical (unpaired) electrons. The molecule has 3 rings (SSSR count). The Morgan fingerprint density at radius 2 is 1.68 bits per heavy atom. The monoisotopic (exact) mass is 461 g/mol. The van der Waals surface area contributed by atoms with Crippen molar-refractivity contribution in [2.75, 3.05) is 6.26 Å². The molecule has 1 saturated carbocycles. The van der Waals surface area contributed by atoms with E-state index in [2.05, 4.69) is 16.8 Å². The standard InChI is InChI=1S/C21H23N3O5S2/c1-30(26,27)19-9-5-6-10-20(19)31(28,29)24(22)21(25)18-14-13-17(15-23-18)12-11-16-7-3-2-4-8-16/h5-6,9-10,13-16H,2-4,7-8,22H2,1H3. The van der Waals surface area contributed by atoms with Gasteiger partial charge in [-0.05, 0) is 37.1 Å². The molecule has 8 nitrogen and oxygen atoms in total. The Hall–Kier alpha value is -2.74. The molecule has 10 heteroatoms. The van der Waals surface area contributed by atoms with E-state index >= 15 is 0 Å². The maximum Gasteiger partial charge on any atom is 0.300 e. The average molecular weight is 462 g/mol. The summed E-state index contributed by atoms with van der Waals surface area (Å²) in [6, 6.07) is 7.85. The van der Waals surface area contributed by atoms with Crippen LogP contribution in [0.1, 0.15) is 48.2 Å². The van der Waals surface area contributed by atoms with Gasteiger partial charge in [0.1, 0.15) is 10.6 Å². The lowest BCUT2D eigenvalue weighted by molar-refractivity contribution is 0.0855. The Morgan fingerprint density at radius 1 is 1.03 bits per heavy atom. The van der Waals surface area contributed by atoms with Crippen LogP contribution in [0.2, 0.25) is 0 Å². The van der Waals surface area contributed by atoms with Gasteiger partial charge in [-0.1, -0.05) is 43.2 Å². The van der Waals surface area contributed by atoms with Crippen LogP contribution in [-0.2, 0) is 19.9 Å². The second kappa shape index (κ2) is 9.18. The third-order valence-electron chi connectivity index (χ3n) is 4.99. The summed E-state index contributed by atoms with van der Waals surface area (Å²) in [4.78, 5) is 15.6. The highest BCUT2D eigenvalue weighted by molar-refractivity contribution is 7.93. The van der Waals surface area contributed by atoms with E-state index in [4.69, 9.17) is 5.84 Å². The fraction of sp³-hybridized carbons (Fsp3) is 0.333. The van der Waals surface area contributed by atoms with E-state index in [-0.39, 0.29) is 10.1 Å². The number of sulfonamides is 1. The minimum absolute atomic E-state index is 0.00667. The molecule has 164 valence electrons. The molecule has 0 saturated heterocycles. The van der Waals surface area contributed by atoms with Gasteiger partial charge in [-0.15, -0.1) is 0 Å². The van der Waals surface area contributed by atoms with Gasteiger partial charge >= 0.3 is 5.91 Å². The van der Waals surface area contributed by atoms with Gasteiger partial charge in [-0.2, -0.15) is 12.8 Å². The molecule has 1 aliphatic carbocycles. The number of nitrogens with two attached hydrogens (primary N) is 1. The zero-order valence-corrected chi connectivity index (χ0v) is 18.6. The second-order valence-electron chi connectivity index (χ2n) is 7.36. The van der Waals surface area contributed by atoms with E-state index in [9.17, 15) is 21.6 Å². The molecule has 2 N–H and O–H groups in total. The summed E-state index contributed by atoms with van der Waals surface area (Å²) in [7, 11) is -8.49. The fourth-order valence-electron chi connectivity index (χ4n) is 3.32. The summed E-state index contributed by atoms with van der Waals surface area (Å²) >= 11 is 0. The lowest BCUT2D eigenvalue weighted by atomic mass is 9.90. The quantitative estimate of drug-likeness (QED) is 0.320. The van der Waals surface area contributed by atoms with Crippen LogP contribution < -0.4 is 5.84 Å². The van der Waals surface area contributed by atoms with Crippen LogP contribution in [0.4, 0.5) is 0 Å². The van der Waals surface area contributed by atoms with Crippen LogP contribution in [0.5, 0.6) is 0 Å². The molecule has 0 bridgehead atoms. The van der Waals surface area contributed by atoms with Crippen molar-refractivity contribution in [2.24, 2.45) is 11.8 Å². The number of pyridine rings is 1. The van der Waals surface area contributed by atoms with Crippen LogP contribution in [0.25, 0.3) is 0 Å². The number of sulfone groups is 1. The van der Waals surface area contributed by atoms with E-state index in [1.165, 1.54) is 43.7 Å². The number of hydrazine groups is 1. The molecule has 1 fully saturated rings. The van der Waals surface area contributed by atoms with Crippen molar-refractivity contribution in [2.45, 2.75) is 41.9 Å². The van der Waals surface area contributed by atoms with Gasteiger partial charge in [0.05, 0.1) is 4.90 Å². The maximum absolute atomic E-state index is 12.8. The topological polar surface area (TPSA) is 127 Å². The molecule has 1 amide bonds. The largest absolute Gasteiger partial charge is 0.300 e. The molecule has 0 spiro atoms. The van der Waals surface area contributed by atoms with E-state index in [1.54, 1.807) is 6.07 Å². The van der Waals surface area contributed by atoms with E-state index < -0.39 is 35.6 Å². The Morgan fingerprint density at radius 3 is 2.26 bits per heavy atom. The van der Waals surface area contributed by atoms with E-state index in [0.29, 0.717) is 11.5 Å². The van der Waals surface area contributed by atoms with Crippen molar-refractivity contribution in [3.05, 3.63) is 53.9 Å². The Bertz CT molecular complexity index is 1240. The number of nitrogens with zero attached hydrogens (tertiary/aromatic N) is 2. The summed E-state index contributed by atoms with van der Waals surface area (Å²) in [6.45, 7) is 0. The van der Waals surface area contributed by atoms with E-state index in [0.717, 1.165) is 31.2 Å². The van der Waals surface area contributed by atoms with Crippen molar-refractivity contribution in [3.63, 3.8) is 0 Å². The molecule has 1 aliphatic rings. The van der Waals surface area contributed by atoms with Crippen LogP contribution in [0.3, 0.4) is 0 Å². The Kier molecular flexibility index (Phi) is 6.79. The highest BCUT2D eigenvalue weighted by Gasteiger charge is 2.32. The zero-order valence-electron chi connectivity index (χ0n) is 17.0. The molecule has 1 aromatic heterocycles. The molecular weight excluding hydrogens is 438 g/mol. The number of carbonyl (C=O) groups is 1. The number of hydrogen-bond acceptors (Lipinski definition) is 7. The smallest absolute Gasteiger partial charge is 0.265 e. The number of carbonyl (C=O) groups excluding carboxylic acids is 1. The third kappa shape index (κ3) is 5.31. The first-order chi connectivity index (χ1) is 14.6. The number of amides is 1. The van der Waals surface area contributed by atoms with Crippen molar-refractivity contribution in [1.82, 2.24) is 9.40 Å². The Balaban J connectivity index is 1.82. The predicted molar refractivity (Wildman–Crippen MR) is 115 cm³/mol. The van der Waals surface area contributed by atoms with Gasteiger partial charge in [0.15, 0.2) is 9.84 Å². The highest BCUT2D eigenvalue weighted by Crippen LogP contribution is 2.24.